The van der Waals surface area contributed by atoms with Crippen LogP contribution in [0.1, 0.15) is 33.6 Å². The molecule has 2 atom stereocenters. The quantitative estimate of drug-likeness (QED) is 0.449. The first-order valence-corrected chi connectivity index (χ1v) is 4.28. The van der Waals surface area contributed by atoms with Crippen molar-refractivity contribution >= 4 is 0 Å². The van der Waals surface area contributed by atoms with E-state index in [0.29, 0.717) is 5.41 Å². The van der Waals surface area contributed by atoms with E-state index in [1.54, 1.807) is 5.57 Å². The van der Waals surface area contributed by atoms with Crippen LogP contribution in [0.15, 0.2) is 11.6 Å². The Morgan fingerprint density at radius 1 is 1.50 bits per heavy atom. The predicted molar refractivity (Wildman–Crippen MR) is 43.8 cm³/mol. The lowest BCUT2D eigenvalue weighted by molar-refractivity contribution is 0.295. The third-order valence-electron chi connectivity index (χ3n) is 3.42. The average Bonchev–Trinajstić information content (AvgIpc) is 2.21. The smallest absolute Gasteiger partial charge is 0.0174 e. The highest BCUT2D eigenvalue weighted by Gasteiger charge is 2.43. The Bertz CT molecular complexity index is 186. The molecule has 0 aromatic rings. The van der Waals surface area contributed by atoms with Crippen molar-refractivity contribution in [2.24, 2.45) is 17.3 Å². The summed E-state index contributed by atoms with van der Waals surface area (Å²) in [7, 11) is 0. The first-order valence-electron chi connectivity index (χ1n) is 4.28. The Morgan fingerprint density at radius 3 is 2.50 bits per heavy atom. The topological polar surface area (TPSA) is 0 Å². The highest BCUT2D eigenvalue weighted by molar-refractivity contribution is 5.21. The van der Waals surface area contributed by atoms with Gasteiger partial charge in [-0.2, -0.15) is 0 Å². The van der Waals surface area contributed by atoms with Crippen LogP contribution in [-0.2, 0) is 0 Å². The lowest BCUT2D eigenvalue weighted by Gasteiger charge is -2.27. The fourth-order valence-electron chi connectivity index (χ4n) is 2.59. The van der Waals surface area contributed by atoms with Gasteiger partial charge in [-0.15, -0.1) is 0 Å². The molecule has 0 heteroatoms. The second-order valence-electron chi connectivity index (χ2n) is 4.64. The normalized spacial score (nSPS) is 42.1. The highest BCUT2D eigenvalue weighted by Crippen LogP contribution is 2.54. The van der Waals surface area contributed by atoms with Crippen LogP contribution in [0.2, 0.25) is 0 Å². The van der Waals surface area contributed by atoms with E-state index in [2.05, 4.69) is 26.8 Å². The molecule has 2 rings (SSSR count). The summed E-state index contributed by atoms with van der Waals surface area (Å²) in [4.78, 5) is 0. The fraction of sp³-hybridized carbons (Fsp3) is 0.800. The van der Waals surface area contributed by atoms with Crippen LogP contribution in [0.25, 0.3) is 0 Å². The zero-order valence-corrected chi connectivity index (χ0v) is 7.15. The molecule has 0 aliphatic heterocycles. The Balaban J connectivity index is 2.30. The Kier molecular flexibility index (Phi) is 1.07. The van der Waals surface area contributed by atoms with Gasteiger partial charge in [0.25, 0.3) is 0 Å². The van der Waals surface area contributed by atoms with Gasteiger partial charge in [-0.3, -0.25) is 0 Å². The second-order valence-corrected chi connectivity index (χ2v) is 4.64. The molecule has 1 fully saturated rings. The molecule has 0 heterocycles. The molecule has 2 aliphatic carbocycles. The van der Waals surface area contributed by atoms with Crippen LogP contribution >= 0.6 is 0 Å². The standard InChI is InChI=1S/C10H16/c1-7-4-9-5-8(7)6-10(9,2)3/h4,8-9H,5-6H2,1-3H3. The molecular weight excluding hydrogens is 120 g/mol. The second kappa shape index (κ2) is 1.66. The van der Waals surface area contributed by atoms with Crippen molar-refractivity contribution in [3.8, 4) is 0 Å². The van der Waals surface area contributed by atoms with Crippen molar-refractivity contribution in [3.63, 3.8) is 0 Å². The third kappa shape index (κ3) is 0.680. The van der Waals surface area contributed by atoms with Crippen LogP contribution in [0, 0.1) is 17.3 Å². The summed E-state index contributed by atoms with van der Waals surface area (Å²) in [6.07, 6.45) is 5.37. The summed E-state index contributed by atoms with van der Waals surface area (Å²) >= 11 is 0. The third-order valence-corrected chi connectivity index (χ3v) is 3.42. The molecule has 1 saturated carbocycles. The molecule has 2 aliphatic rings. The van der Waals surface area contributed by atoms with Gasteiger partial charge in [0, 0.05) is 0 Å². The van der Waals surface area contributed by atoms with Crippen LogP contribution in [-0.4, -0.2) is 0 Å². The molecule has 2 bridgehead atoms. The van der Waals surface area contributed by atoms with E-state index in [9.17, 15) is 0 Å². The lowest BCUT2D eigenvalue weighted by Crippen LogP contribution is -2.17. The van der Waals surface area contributed by atoms with E-state index in [-0.39, 0.29) is 0 Å². The summed E-state index contributed by atoms with van der Waals surface area (Å²) in [5.41, 5.74) is 2.27. The summed E-state index contributed by atoms with van der Waals surface area (Å²) in [6, 6.07) is 0. The molecular formula is C10H16. The van der Waals surface area contributed by atoms with Crippen molar-refractivity contribution in [2.45, 2.75) is 33.6 Å². The maximum Gasteiger partial charge on any atom is -0.0174 e. The molecule has 0 spiro atoms. The van der Waals surface area contributed by atoms with E-state index in [1.165, 1.54) is 12.8 Å². The van der Waals surface area contributed by atoms with Crippen LogP contribution in [0.3, 0.4) is 0 Å². The fourth-order valence-corrected chi connectivity index (χ4v) is 2.59. The summed E-state index contributed by atoms with van der Waals surface area (Å²) in [6.45, 7) is 7.10. The van der Waals surface area contributed by atoms with Gasteiger partial charge in [-0.25, -0.2) is 0 Å². The largest absolute Gasteiger partial charge is 0.0817 e. The van der Waals surface area contributed by atoms with Gasteiger partial charge in [-0.05, 0) is 37.0 Å². The summed E-state index contributed by atoms with van der Waals surface area (Å²) < 4.78 is 0. The molecule has 0 aromatic heterocycles. The number of rotatable bonds is 0. The van der Waals surface area contributed by atoms with Gasteiger partial charge in [0.15, 0.2) is 0 Å². The molecule has 0 radical (unpaired) electrons. The van der Waals surface area contributed by atoms with Crippen molar-refractivity contribution in [3.05, 3.63) is 11.6 Å². The summed E-state index contributed by atoms with van der Waals surface area (Å²) in [5.74, 6) is 1.84. The monoisotopic (exact) mass is 136 g/mol. The molecule has 0 amide bonds. The van der Waals surface area contributed by atoms with E-state index in [0.717, 1.165) is 11.8 Å². The minimum absolute atomic E-state index is 0.615. The van der Waals surface area contributed by atoms with Crippen molar-refractivity contribution in [1.82, 2.24) is 0 Å². The highest BCUT2D eigenvalue weighted by atomic mass is 14.5. The van der Waals surface area contributed by atoms with Gasteiger partial charge >= 0.3 is 0 Å². The van der Waals surface area contributed by atoms with E-state index >= 15 is 0 Å². The zero-order chi connectivity index (χ0) is 7.35. The van der Waals surface area contributed by atoms with Gasteiger partial charge < -0.3 is 0 Å². The minimum atomic E-state index is 0.615. The molecule has 0 N–H and O–H groups in total. The van der Waals surface area contributed by atoms with Gasteiger partial charge in [0.05, 0.1) is 0 Å². The Morgan fingerprint density at radius 2 is 2.20 bits per heavy atom. The minimum Gasteiger partial charge on any atom is -0.0817 e. The SMILES string of the molecule is CC1=CC2CC1CC2(C)C. The average molecular weight is 136 g/mol. The van der Waals surface area contributed by atoms with Crippen LogP contribution in [0.5, 0.6) is 0 Å². The van der Waals surface area contributed by atoms with E-state index in [4.69, 9.17) is 0 Å². The van der Waals surface area contributed by atoms with Gasteiger partial charge in [-0.1, -0.05) is 25.5 Å². The Labute approximate surface area is 63.3 Å². The maximum absolute atomic E-state index is 2.49. The molecule has 56 valence electrons. The number of hydrogen-bond donors (Lipinski definition) is 0. The van der Waals surface area contributed by atoms with Crippen molar-refractivity contribution < 1.29 is 0 Å². The summed E-state index contributed by atoms with van der Waals surface area (Å²) in [5, 5.41) is 0. The van der Waals surface area contributed by atoms with Crippen LogP contribution in [0.4, 0.5) is 0 Å². The molecule has 2 unspecified atom stereocenters. The molecule has 0 saturated heterocycles. The lowest BCUT2D eigenvalue weighted by atomic mass is 9.78. The van der Waals surface area contributed by atoms with Crippen LogP contribution < -0.4 is 0 Å². The number of fused-ring (bicyclic) bond motifs is 2. The van der Waals surface area contributed by atoms with Gasteiger partial charge in [0.2, 0.25) is 0 Å². The van der Waals surface area contributed by atoms with Crippen molar-refractivity contribution in [1.29, 1.82) is 0 Å². The maximum atomic E-state index is 2.49. The molecule has 0 aromatic carbocycles. The molecule has 0 nitrogen and oxygen atoms in total. The number of hydrogen-bond acceptors (Lipinski definition) is 0. The van der Waals surface area contributed by atoms with Crippen molar-refractivity contribution in [2.75, 3.05) is 0 Å². The predicted octanol–water partition coefficient (Wildman–Crippen LogP) is 3.00. The van der Waals surface area contributed by atoms with E-state index in [1.807, 2.05) is 0 Å². The Hall–Kier alpha value is -0.260. The molecule has 10 heavy (non-hydrogen) atoms. The van der Waals surface area contributed by atoms with E-state index < -0.39 is 0 Å². The van der Waals surface area contributed by atoms with Gasteiger partial charge in [0.1, 0.15) is 0 Å². The first-order chi connectivity index (χ1) is 4.59. The number of allylic oxidation sites excluding steroid dienone is 2. The zero-order valence-electron chi connectivity index (χ0n) is 7.15. The first kappa shape index (κ1) is 6.45.